The van der Waals surface area contributed by atoms with Gasteiger partial charge in [0.1, 0.15) is 23.4 Å². The Hall–Kier alpha value is -4.44. The fourth-order valence-electron chi connectivity index (χ4n) is 5.47. The molecule has 2 atom stereocenters. The van der Waals surface area contributed by atoms with Crippen LogP contribution in [0.4, 0.5) is 9.52 Å². The molecule has 1 fully saturated rings. The average molecular weight is 603 g/mol. The molecule has 8 nitrogen and oxygen atoms in total. The minimum absolute atomic E-state index is 0.00288. The Morgan fingerprint density at radius 1 is 1.09 bits per heavy atom. The number of aliphatic hydroxyl groups excluding tert-OH is 1. The van der Waals surface area contributed by atoms with E-state index >= 15 is 0 Å². The Morgan fingerprint density at radius 3 is 2.72 bits per heavy atom. The molecule has 3 heterocycles. The standard InChI is InChI=1S/C33H31FN2O6S/c1-4-6-13-41-25-12-7-19(16-26(25)40-5-2)29-28(30(37)20-8-11-24-21(15-20)14-18(3)42-24)31(38)32(39)36(29)33-35-23-10-9-22(34)17-27(23)43-33/h7-12,15-18,29,37H,4-6,13-14H2,1-3H3/b30-28+/t18-,29+/m1/s1. The smallest absolute Gasteiger partial charge is 0.301 e. The van der Waals surface area contributed by atoms with Crippen molar-refractivity contribution in [3.05, 3.63) is 82.7 Å². The molecule has 0 aliphatic carbocycles. The molecule has 6 rings (SSSR count). The maximum atomic E-state index is 14.0. The number of anilines is 1. The van der Waals surface area contributed by atoms with Gasteiger partial charge in [0.25, 0.3) is 5.78 Å². The molecule has 0 saturated carbocycles. The predicted octanol–water partition coefficient (Wildman–Crippen LogP) is 6.96. The summed E-state index contributed by atoms with van der Waals surface area (Å²) in [5.41, 5.74) is 2.24. The van der Waals surface area contributed by atoms with Gasteiger partial charge in [0, 0.05) is 12.0 Å². The molecule has 1 saturated heterocycles. The normalized spacial score (nSPS) is 19.1. The number of hydrogen-bond acceptors (Lipinski definition) is 8. The molecular formula is C33H31FN2O6S. The first-order valence-electron chi connectivity index (χ1n) is 14.4. The quantitative estimate of drug-likeness (QED) is 0.0957. The van der Waals surface area contributed by atoms with Crippen LogP contribution in [0.5, 0.6) is 17.2 Å². The molecular weight excluding hydrogens is 571 g/mol. The highest BCUT2D eigenvalue weighted by Crippen LogP contribution is 2.46. The number of ether oxygens (including phenoxy) is 3. The summed E-state index contributed by atoms with van der Waals surface area (Å²) in [7, 11) is 0. The van der Waals surface area contributed by atoms with E-state index in [-0.39, 0.29) is 22.6 Å². The zero-order valence-electron chi connectivity index (χ0n) is 24.1. The lowest BCUT2D eigenvalue weighted by atomic mass is 9.94. The van der Waals surface area contributed by atoms with Crippen LogP contribution < -0.4 is 19.1 Å². The van der Waals surface area contributed by atoms with Gasteiger partial charge < -0.3 is 19.3 Å². The van der Waals surface area contributed by atoms with Gasteiger partial charge in [-0.1, -0.05) is 30.7 Å². The predicted molar refractivity (Wildman–Crippen MR) is 163 cm³/mol. The second kappa shape index (κ2) is 11.7. The van der Waals surface area contributed by atoms with Crippen molar-refractivity contribution in [2.75, 3.05) is 18.1 Å². The first-order valence-corrected chi connectivity index (χ1v) is 15.2. The van der Waals surface area contributed by atoms with Crippen LogP contribution in [0.1, 0.15) is 56.3 Å². The summed E-state index contributed by atoms with van der Waals surface area (Å²) in [4.78, 5) is 33.3. The molecule has 10 heteroatoms. The van der Waals surface area contributed by atoms with Gasteiger partial charge in [-0.3, -0.25) is 14.5 Å². The highest BCUT2D eigenvalue weighted by Gasteiger charge is 2.48. The summed E-state index contributed by atoms with van der Waals surface area (Å²) in [5, 5.41) is 11.9. The Balaban J connectivity index is 1.51. The second-order valence-corrected chi connectivity index (χ2v) is 11.6. The minimum atomic E-state index is -1.03. The molecule has 1 aromatic heterocycles. The first-order chi connectivity index (χ1) is 20.8. The summed E-state index contributed by atoms with van der Waals surface area (Å²) in [6.07, 6.45) is 2.50. The van der Waals surface area contributed by atoms with Gasteiger partial charge in [-0.05, 0) is 79.9 Å². The lowest BCUT2D eigenvalue weighted by Crippen LogP contribution is -2.29. The Kier molecular flexibility index (Phi) is 7.79. The molecule has 0 bridgehead atoms. The van der Waals surface area contributed by atoms with Crippen molar-refractivity contribution in [1.82, 2.24) is 4.98 Å². The number of aromatic nitrogens is 1. The third kappa shape index (κ3) is 5.31. The molecule has 0 spiro atoms. The molecule has 0 radical (unpaired) electrons. The highest BCUT2D eigenvalue weighted by molar-refractivity contribution is 7.22. The van der Waals surface area contributed by atoms with Crippen molar-refractivity contribution < 1.29 is 33.3 Å². The first kappa shape index (κ1) is 28.7. The van der Waals surface area contributed by atoms with Crippen molar-refractivity contribution in [2.45, 2.75) is 52.2 Å². The van der Waals surface area contributed by atoms with E-state index in [1.165, 1.54) is 23.1 Å². The number of fused-ring (bicyclic) bond motifs is 2. The number of nitrogens with zero attached hydrogens (tertiary/aromatic N) is 2. The summed E-state index contributed by atoms with van der Waals surface area (Å²) >= 11 is 1.10. The molecule has 4 aromatic rings. The van der Waals surface area contributed by atoms with Crippen molar-refractivity contribution in [3.63, 3.8) is 0 Å². The minimum Gasteiger partial charge on any atom is -0.507 e. The van der Waals surface area contributed by atoms with Gasteiger partial charge in [-0.25, -0.2) is 9.37 Å². The van der Waals surface area contributed by atoms with Gasteiger partial charge in [0.05, 0.1) is 35.0 Å². The number of unbranched alkanes of at least 4 members (excludes halogenated alkanes) is 1. The number of aliphatic hydroxyl groups is 1. The van der Waals surface area contributed by atoms with Crippen molar-refractivity contribution >= 4 is 44.1 Å². The van der Waals surface area contributed by atoms with Crippen LogP contribution in [-0.2, 0) is 16.0 Å². The number of halogens is 1. The van der Waals surface area contributed by atoms with Crippen LogP contribution in [0.3, 0.4) is 0 Å². The zero-order valence-corrected chi connectivity index (χ0v) is 24.9. The Morgan fingerprint density at radius 2 is 1.93 bits per heavy atom. The lowest BCUT2D eigenvalue weighted by Gasteiger charge is -2.24. The van der Waals surface area contributed by atoms with Crippen LogP contribution >= 0.6 is 11.3 Å². The van der Waals surface area contributed by atoms with Crippen molar-refractivity contribution in [1.29, 1.82) is 0 Å². The van der Waals surface area contributed by atoms with E-state index in [0.29, 0.717) is 52.5 Å². The number of thiazole rings is 1. The summed E-state index contributed by atoms with van der Waals surface area (Å²) in [6.45, 7) is 6.77. The summed E-state index contributed by atoms with van der Waals surface area (Å²) < 4.78 is 32.2. The number of rotatable bonds is 9. The number of benzene rings is 3. The molecule has 3 aromatic carbocycles. The fraction of sp³-hybridized carbons (Fsp3) is 0.303. The SMILES string of the molecule is CCCCOc1ccc([C@H]2/C(=C(\O)c3ccc4c(c3)C[C@@H](C)O4)C(=O)C(=O)N2c2nc3ccc(F)cc3s2)cc1OCC. The maximum Gasteiger partial charge on any atom is 0.301 e. The Labute approximate surface area is 252 Å². The van der Waals surface area contributed by atoms with E-state index in [9.17, 15) is 19.1 Å². The van der Waals surface area contributed by atoms with Crippen LogP contribution in [-0.4, -0.2) is 41.1 Å². The topological polar surface area (TPSA) is 98.2 Å². The molecule has 1 N–H and O–H groups in total. The number of carbonyl (C=O) groups excluding carboxylic acids is 2. The van der Waals surface area contributed by atoms with Gasteiger partial charge in [-0.2, -0.15) is 0 Å². The molecule has 1 amide bonds. The van der Waals surface area contributed by atoms with E-state index in [4.69, 9.17) is 14.2 Å². The van der Waals surface area contributed by atoms with Gasteiger partial charge in [0.15, 0.2) is 16.6 Å². The molecule has 0 unspecified atom stereocenters. The summed E-state index contributed by atoms with van der Waals surface area (Å²) in [6, 6.07) is 13.6. The van der Waals surface area contributed by atoms with E-state index in [1.807, 2.05) is 13.8 Å². The van der Waals surface area contributed by atoms with E-state index in [0.717, 1.165) is 35.5 Å². The Bertz CT molecular complexity index is 1770. The van der Waals surface area contributed by atoms with Crippen LogP contribution in [0.2, 0.25) is 0 Å². The molecule has 2 aliphatic heterocycles. The third-order valence-electron chi connectivity index (χ3n) is 7.50. The van der Waals surface area contributed by atoms with Crippen LogP contribution in [0, 0.1) is 5.82 Å². The van der Waals surface area contributed by atoms with E-state index in [1.54, 1.807) is 36.4 Å². The van der Waals surface area contributed by atoms with Gasteiger partial charge in [-0.15, -0.1) is 0 Å². The number of ketones is 1. The maximum absolute atomic E-state index is 14.0. The van der Waals surface area contributed by atoms with Crippen LogP contribution in [0.25, 0.3) is 16.0 Å². The summed E-state index contributed by atoms with van der Waals surface area (Å²) in [5.74, 6) is -0.707. The second-order valence-electron chi connectivity index (χ2n) is 10.6. The molecule has 222 valence electrons. The average Bonchev–Trinajstić information content (AvgIpc) is 3.65. The number of carbonyl (C=O) groups is 2. The number of Topliss-reactive ketones (excluding diaryl/α,β-unsaturated/α-hetero) is 1. The van der Waals surface area contributed by atoms with Gasteiger partial charge >= 0.3 is 5.91 Å². The highest BCUT2D eigenvalue weighted by atomic mass is 32.1. The van der Waals surface area contributed by atoms with E-state index in [2.05, 4.69) is 11.9 Å². The van der Waals surface area contributed by atoms with E-state index < -0.39 is 23.5 Å². The van der Waals surface area contributed by atoms with Gasteiger partial charge in [0.2, 0.25) is 0 Å². The lowest BCUT2D eigenvalue weighted by molar-refractivity contribution is -0.132. The zero-order chi connectivity index (χ0) is 30.2. The van der Waals surface area contributed by atoms with Crippen molar-refractivity contribution in [2.24, 2.45) is 0 Å². The number of amides is 1. The third-order valence-corrected chi connectivity index (χ3v) is 8.52. The molecule has 2 aliphatic rings. The monoisotopic (exact) mass is 602 g/mol. The fourth-order valence-corrected chi connectivity index (χ4v) is 6.49. The largest absolute Gasteiger partial charge is 0.507 e. The van der Waals surface area contributed by atoms with Crippen LogP contribution in [0.15, 0.2) is 60.2 Å². The number of hydrogen-bond donors (Lipinski definition) is 1. The molecule has 43 heavy (non-hydrogen) atoms. The van der Waals surface area contributed by atoms with Crippen molar-refractivity contribution in [3.8, 4) is 17.2 Å².